The van der Waals surface area contributed by atoms with Gasteiger partial charge in [0.2, 0.25) is 11.7 Å². The molecule has 2 rings (SSSR count). The zero-order valence-electron chi connectivity index (χ0n) is 10.4. The Bertz CT molecular complexity index is 621. The number of aryl methyl sites for hydroxylation is 1. The van der Waals surface area contributed by atoms with Crippen LogP contribution >= 0.6 is 11.6 Å². The monoisotopic (exact) mass is 281 g/mol. The van der Waals surface area contributed by atoms with Crippen molar-refractivity contribution in [2.45, 2.75) is 13.5 Å². The molecule has 0 spiro atoms. The lowest BCUT2D eigenvalue weighted by Crippen LogP contribution is -2.00. The number of rotatable bonds is 4. The van der Waals surface area contributed by atoms with E-state index in [1.54, 1.807) is 12.1 Å². The minimum absolute atomic E-state index is 0.0641. The second kappa shape index (κ2) is 5.42. The maximum absolute atomic E-state index is 11.1. The quantitative estimate of drug-likeness (QED) is 0.932. The fourth-order valence-corrected chi connectivity index (χ4v) is 1.89. The summed E-state index contributed by atoms with van der Waals surface area (Å²) in [5.41, 5.74) is 1.66. The average Bonchev–Trinajstić information content (AvgIpc) is 2.77. The minimum atomic E-state index is -1.19. The highest BCUT2D eigenvalue weighted by atomic mass is 35.5. The summed E-state index contributed by atoms with van der Waals surface area (Å²) in [5, 5.41) is 9.54. The molecular weight excluding hydrogens is 270 g/mol. The lowest BCUT2D eigenvalue weighted by atomic mass is 10.1. The first-order chi connectivity index (χ1) is 9.04. The fourth-order valence-electron chi connectivity index (χ4n) is 1.68. The number of nitrogens with zero attached hydrogens (tertiary/aromatic N) is 1. The summed E-state index contributed by atoms with van der Waals surface area (Å²) in [6.45, 7) is 1.91. The van der Waals surface area contributed by atoms with Gasteiger partial charge in [0.1, 0.15) is 5.69 Å². The number of aromatic carboxylic acids is 1. The number of ether oxygens (including phenoxy) is 1. The number of carboxylic acid groups (broad SMARTS) is 1. The number of halogens is 1. The van der Waals surface area contributed by atoms with Crippen LogP contribution in [0.3, 0.4) is 0 Å². The fraction of sp³-hybridized carbons (Fsp3) is 0.231. The van der Waals surface area contributed by atoms with Crippen LogP contribution in [0.5, 0.6) is 0 Å². The molecule has 1 heterocycles. The molecule has 0 aliphatic heterocycles. The Kier molecular flexibility index (Phi) is 3.87. The zero-order valence-corrected chi connectivity index (χ0v) is 11.2. The van der Waals surface area contributed by atoms with Crippen molar-refractivity contribution >= 4 is 17.6 Å². The first kappa shape index (κ1) is 13.6. The van der Waals surface area contributed by atoms with Crippen molar-refractivity contribution in [2.24, 2.45) is 0 Å². The maximum atomic E-state index is 11.1. The van der Waals surface area contributed by atoms with E-state index in [1.165, 1.54) is 7.11 Å². The highest BCUT2D eigenvalue weighted by Crippen LogP contribution is 2.31. The van der Waals surface area contributed by atoms with Crippen molar-refractivity contribution in [3.63, 3.8) is 0 Å². The third-order valence-corrected chi connectivity index (χ3v) is 3.10. The second-order valence-corrected chi connectivity index (χ2v) is 4.35. The number of carboxylic acids is 1. The van der Waals surface area contributed by atoms with Crippen LogP contribution in [0.15, 0.2) is 22.6 Å². The summed E-state index contributed by atoms with van der Waals surface area (Å²) in [4.78, 5) is 15.2. The molecule has 6 heteroatoms. The van der Waals surface area contributed by atoms with E-state index in [0.29, 0.717) is 10.6 Å². The summed E-state index contributed by atoms with van der Waals surface area (Å²) in [6.07, 6.45) is 0. The van der Waals surface area contributed by atoms with Crippen molar-refractivity contribution in [2.75, 3.05) is 7.11 Å². The summed E-state index contributed by atoms with van der Waals surface area (Å²) in [5.74, 6) is -1.23. The van der Waals surface area contributed by atoms with E-state index in [2.05, 4.69) is 4.98 Å². The van der Waals surface area contributed by atoms with Crippen LogP contribution in [-0.4, -0.2) is 23.2 Å². The topological polar surface area (TPSA) is 72.6 Å². The molecule has 0 atom stereocenters. The predicted octanol–water partition coefficient (Wildman–Crippen LogP) is 3.15. The molecule has 0 amide bonds. The van der Waals surface area contributed by atoms with Gasteiger partial charge < -0.3 is 14.3 Å². The van der Waals surface area contributed by atoms with Crippen LogP contribution in [0.2, 0.25) is 5.02 Å². The van der Waals surface area contributed by atoms with E-state index in [0.717, 1.165) is 5.56 Å². The number of benzene rings is 1. The van der Waals surface area contributed by atoms with Crippen LogP contribution in [0.1, 0.15) is 21.8 Å². The normalized spacial score (nSPS) is 10.7. The summed E-state index contributed by atoms with van der Waals surface area (Å²) < 4.78 is 10.2. The van der Waals surface area contributed by atoms with Gasteiger partial charge in [0, 0.05) is 7.11 Å². The van der Waals surface area contributed by atoms with Crippen molar-refractivity contribution in [1.82, 2.24) is 4.98 Å². The van der Waals surface area contributed by atoms with E-state index < -0.39 is 5.97 Å². The largest absolute Gasteiger partial charge is 0.475 e. The molecule has 5 nitrogen and oxygen atoms in total. The summed E-state index contributed by atoms with van der Waals surface area (Å²) in [7, 11) is 1.46. The van der Waals surface area contributed by atoms with Crippen LogP contribution in [0, 0.1) is 6.92 Å². The summed E-state index contributed by atoms with van der Waals surface area (Å²) in [6, 6.07) is 5.38. The Labute approximate surface area is 114 Å². The average molecular weight is 282 g/mol. The van der Waals surface area contributed by atoms with Gasteiger partial charge in [-0.15, -0.1) is 0 Å². The molecule has 0 fully saturated rings. The lowest BCUT2D eigenvalue weighted by molar-refractivity contribution is 0.0656. The van der Waals surface area contributed by atoms with Gasteiger partial charge in [-0.25, -0.2) is 9.78 Å². The van der Waals surface area contributed by atoms with Crippen molar-refractivity contribution in [3.05, 3.63) is 40.2 Å². The van der Waals surface area contributed by atoms with Crippen LogP contribution < -0.4 is 0 Å². The van der Waals surface area contributed by atoms with E-state index in [-0.39, 0.29) is 24.0 Å². The van der Waals surface area contributed by atoms with E-state index in [1.807, 2.05) is 13.0 Å². The Morgan fingerprint density at radius 2 is 2.26 bits per heavy atom. The number of hydrogen-bond donors (Lipinski definition) is 1. The molecule has 2 aromatic rings. The first-order valence-corrected chi connectivity index (χ1v) is 5.89. The Balaban J connectivity index is 2.54. The van der Waals surface area contributed by atoms with Crippen molar-refractivity contribution in [1.29, 1.82) is 0 Å². The highest BCUT2D eigenvalue weighted by Gasteiger charge is 2.21. The molecule has 0 aliphatic carbocycles. The molecule has 19 heavy (non-hydrogen) atoms. The molecule has 1 aromatic carbocycles. The Hall–Kier alpha value is -1.85. The van der Waals surface area contributed by atoms with E-state index in [4.69, 9.17) is 25.9 Å². The van der Waals surface area contributed by atoms with Gasteiger partial charge in [0.05, 0.1) is 17.2 Å². The Morgan fingerprint density at radius 3 is 2.89 bits per heavy atom. The third-order valence-electron chi connectivity index (χ3n) is 2.59. The third kappa shape index (κ3) is 2.62. The number of hydrogen-bond acceptors (Lipinski definition) is 4. The molecule has 1 aromatic heterocycles. The van der Waals surface area contributed by atoms with E-state index in [9.17, 15) is 4.79 Å². The molecule has 0 saturated heterocycles. The van der Waals surface area contributed by atoms with Gasteiger partial charge in [0.15, 0.2) is 0 Å². The molecular formula is C13H12ClNO4. The number of aromatic nitrogens is 1. The standard InChI is InChI=1S/C13H12ClNO4/c1-7-4-3-5-8(10(7)14)12-15-9(6-18-2)11(19-12)13(16)17/h3-5H,6H2,1-2H3,(H,16,17). The van der Waals surface area contributed by atoms with Crippen LogP contribution in [0.4, 0.5) is 0 Å². The van der Waals surface area contributed by atoms with Gasteiger partial charge in [-0.2, -0.15) is 0 Å². The van der Waals surface area contributed by atoms with E-state index >= 15 is 0 Å². The smallest absolute Gasteiger partial charge is 0.373 e. The lowest BCUT2D eigenvalue weighted by Gasteiger charge is -2.01. The molecule has 0 bridgehead atoms. The molecule has 0 radical (unpaired) electrons. The predicted molar refractivity (Wildman–Crippen MR) is 69.4 cm³/mol. The van der Waals surface area contributed by atoms with Gasteiger partial charge >= 0.3 is 5.97 Å². The maximum Gasteiger partial charge on any atom is 0.373 e. The van der Waals surface area contributed by atoms with Gasteiger partial charge in [-0.1, -0.05) is 23.7 Å². The molecule has 1 N–H and O–H groups in total. The van der Waals surface area contributed by atoms with Crippen LogP contribution in [-0.2, 0) is 11.3 Å². The molecule has 0 aliphatic rings. The SMILES string of the molecule is COCc1nc(-c2cccc(C)c2Cl)oc1C(=O)O. The minimum Gasteiger partial charge on any atom is -0.475 e. The molecule has 0 saturated carbocycles. The molecule has 100 valence electrons. The highest BCUT2D eigenvalue weighted by molar-refractivity contribution is 6.33. The number of methoxy groups -OCH3 is 1. The first-order valence-electron chi connectivity index (χ1n) is 5.52. The number of oxazole rings is 1. The molecule has 0 unspecified atom stereocenters. The number of carbonyl (C=O) groups is 1. The zero-order chi connectivity index (χ0) is 14.0. The summed E-state index contributed by atoms with van der Waals surface area (Å²) >= 11 is 6.17. The second-order valence-electron chi connectivity index (χ2n) is 3.97. The van der Waals surface area contributed by atoms with Crippen molar-refractivity contribution in [3.8, 4) is 11.5 Å². The van der Waals surface area contributed by atoms with Gasteiger partial charge in [-0.3, -0.25) is 0 Å². The van der Waals surface area contributed by atoms with Crippen LogP contribution in [0.25, 0.3) is 11.5 Å². The van der Waals surface area contributed by atoms with Crippen molar-refractivity contribution < 1.29 is 19.1 Å². The van der Waals surface area contributed by atoms with Gasteiger partial charge in [0.25, 0.3) is 0 Å². The van der Waals surface area contributed by atoms with Gasteiger partial charge in [-0.05, 0) is 18.6 Å². The Morgan fingerprint density at radius 1 is 1.53 bits per heavy atom.